The van der Waals surface area contributed by atoms with Crippen LogP contribution in [0.5, 0.6) is 0 Å². The highest BCUT2D eigenvalue weighted by Gasteiger charge is 2.29. The Balaban J connectivity index is 1.74. The Labute approximate surface area is 136 Å². The normalized spacial score (nSPS) is 20.2. The van der Waals surface area contributed by atoms with E-state index in [1.165, 1.54) is 0 Å². The molecule has 2 amide bonds. The number of β-amino-alcohol motifs (C(OH)–C–C–N with tert-alkyl or cyclic N) is 1. The SMILES string of the molecule is CC1CN(CC(C)(C)O)CCN1C(=O)NCCc1cscn1. The molecule has 124 valence electrons. The molecule has 0 spiro atoms. The van der Waals surface area contributed by atoms with Gasteiger partial charge in [0.25, 0.3) is 0 Å². The number of urea groups is 1. The topological polar surface area (TPSA) is 68.7 Å². The third-order valence-electron chi connectivity index (χ3n) is 3.72. The fourth-order valence-electron chi connectivity index (χ4n) is 2.79. The Morgan fingerprint density at radius 2 is 2.32 bits per heavy atom. The van der Waals surface area contributed by atoms with Crippen LogP contribution in [0.1, 0.15) is 26.5 Å². The summed E-state index contributed by atoms with van der Waals surface area (Å²) >= 11 is 1.57. The van der Waals surface area contributed by atoms with E-state index in [0.717, 1.165) is 25.2 Å². The zero-order chi connectivity index (χ0) is 16.2. The summed E-state index contributed by atoms with van der Waals surface area (Å²) in [4.78, 5) is 20.6. The summed E-state index contributed by atoms with van der Waals surface area (Å²) in [7, 11) is 0. The molecule has 1 fully saturated rings. The molecule has 1 aliphatic heterocycles. The molecule has 2 rings (SSSR count). The lowest BCUT2D eigenvalue weighted by molar-refractivity contribution is 0.0119. The molecule has 2 N–H and O–H groups in total. The number of aliphatic hydroxyl groups is 1. The van der Waals surface area contributed by atoms with Gasteiger partial charge in [-0.05, 0) is 20.8 Å². The van der Waals surface area contributed by atoms with E-state index in [9.17, 15) is 9.90 Å². The van der Waals surface area contributed by atoms with Crippen molar-refractivity contribution in [3.63, 3.8) is 0 Å². The second-order valence-electron chi connectivity index (χ2n) is 6.55. The summed E-state index contributed by atoms with van der Waals surface area (Å²) in [6.45, 7) is 9.22. The number of hydrogen-bond donors (Lipinski definition) is 2. The first-order valence-corrected chi connectivity index (χ1v) is 8.66. The van der Waals surface area contributed by atoms with Gasteiger partial charge in [0.2, 0.25) is 0 Å². The third kappa shape index (κ3) is 5.23. The summed E-state index contributed by atoms with van der Waals surface area (Å²) in [5.41, 5.74) is 2.13. The third-order valence-corrected chi connectivity index (χ3v) is 4.36. The number of piperazine rings is 1. The van der Waals surface area contributed by atoms with E-state index in [1.54, 1.807) is 16.8 Å². The van der Waals surface area contributed by atoms with Gasteiger partial charge in [-0.25, -0.2) is 9.78 Å². The quantitative estimate of drug-likeness (QED) is 0.852. The van der Waals surface area contributed by atoms with Crippen LogP contribution >= 0.6 is 11.3 Å². The van der Waals surface area contributed by atoms with Crippen LogP contribution in [-0.4, -0.2) is 70.3 Å². The van der Waals surface area contributed by atoms with E-state index in [4.69, 9.17) is 0 Å². The molecule has 0 aromatic carbocycles. The summed E-state index contributed by atoms with van der Waals surface area (Å²) < 4.78 is 0. The van der Waals surface area contributed by atoms with Gasteiger partial charge in [0.15, 0.2) is 0 Å². The highest BCUT2D eigenvalue weighted by Crippen LogP contribution is 2.13. The number of aromatic nitrogens is 1. The van der Waals surface area contributed by atoms with Gasteiger partial charge in [0, 0.05) is 50.6 Å². The smallest absolute Gasteiger partial charge is 0.317 e. The van der Waals surface area contributed by atoms with Crippen molar-refractivity contribution in [2.45, 2.75) is 38.8 Å². The van der Waals surface area contributed by atoms with E-state index < -0.39 is 5.60 Å². The van der Waals surface area contributed by atoms with Gasteiger partial charge in [-0.15, -0.1) is 11.3 Å². The second-order valence-corrected chi connectivity index (χ2v) is 7.27. The van der Waals surface area contributed by atoms with E-state index in [0.29, 0.717) is 19.6 Å². The van der Waals surface area contributed by atoms with Crippen molar-refractivity contribution < 1.29 is 9.90 Å². The minimum Gasteiger partial charge on any atom is -0.389 e. The van der Waals surface area contributed by atoms with Gasteiger partial charge >= 0.3 is 6.03 Å². The Bertz CT molecular complexity index is 472. The predicted octanol–water partition coefficient (Wildman–Crippen LogP) is 1.17. The number of carbonyl (C=O) groups excluding carboxylic acids is 1. The Morgan fingerprint density at radius 3 is 2.91 bits per heavy atom. The molecular weight excluding hydrogens is 300 g/mol. The molecule has 1 saturated heterocycles. The van der Waals surface area contributed by atoms with Crippen LogP contribution in [0.25, 0.3) is 0 Å². The van der Waals surface area contributed by atoms with Crippen LogP contribution in [0, 0.1) is 0 Å². The second kappa shape index (κ2) is 7.39. The standard InChI is InChI=1S/C15H26N4O2S/c1-12-8-18(10-15(2,3)21)6-7-19(12)14(20)16-5-4-13-9-22-11-17-13/h9,11-12,21H,4-8,10H2,1-3H3,(H,16,20). The van der Waals surface area contributed by atoms with Crippen molar-refractivity contribution in [3.8, 4) is 0 Å². The van der Waals surface area contributed by atoms with Gasteiger partial charge in [-0.1, -0.05) is 0 Å². The molecule has 6 nitrogen and oxygen atoms in total. The first-order valence-electron chi connectivity index (χ1n) is 7.71. The van der Waals surface area contributed by atoms with Crippen molar-refractivity contribution in [3.05, 3.63) is 16.6 Å². The fraction of sp³-hybridized carbons (Fsp3) is 0.733. The van der Waals surface area contributed by atoms with Gasteiger partial charge in [-0.2, -0.15) is 0 Å². The molecule has 1 aliphatic rings. The number of hydrogen-bond acceptors (Lipinski definition) is 5. The lowest BCUT2D eigenvalue weighted by Gasteiger charge is -2.41. The molecule has 1 aromatic rings. The summed E-state index contributed by atoms with van der Waals surface area (Å²) in [5.74, 6) is 0. The lowest BCUT2D eigenvalue weighted by atomic mass is 10.1. The molecule has 0 bridgehead atoms. The lowest BCUT2D eigenvalue weighted by Crippen LogP contribution is -2.58. The molecule has 7 heteroatoms. The van der Waals surface area contributed by atoms with Crippen LogP contribution < -0.4 is 5.32 Å². The maximum absolute atomic E-state index is 12.3. The Morgan fingerprint density at radius 1 is 1.55 bits per heavy atom. The molecule has 2 heterocycles. The zero-order valence-corrected chi connectivity index (χ0v) is 14.4. The van der Waals surface area contributed by atoms with E-state index >= 15 is 0 Å². The molecule has 0 aliphatic carbocycles. The van der Waals surface area contributed by atoms with Gasteiger partial charge in [0.1, 0.15) is 0 Å². The highest BCUT2D eigenvalue weighted by atomic mass is 32.1. The maximum Gasteiger partial charge on any atom is 0.317 e. The van der Waals surface area contributed by atoms with Crippen LogP contribution in [0.15, 0.2) is 10.9 Å². The summed E-state index contributed by atoms with van der Waals surface area (Å²) in [5, 5.41) is 14.9. The summed E-state index contributed by atoms with van der Waals surface area (Å²) in [6.07, 6.45) is 0.766. The molecule has 0 saturated carbocycles. The largest absolute Gasteiger partial charge is 0.389 e. The average molecular weight is 326 g/mol. The van der Waals surface area contributed by atoms with Crippen LogP contribution in [-0.2, 0) is 6.42 Å². The van der Waals surface area contributed by atoms with Gasteiger partial charge < -0.3 is 15.3 Å². The van der Waals surface area contributed by atoms with E-state index in [-0.39, 0.29) is 12.1 Å². The first kappa shape index (κ1) is 17.2. The van der Waals surface area contributed by atoms with E-state index in [1.807, 2.05) is 24.1 Å². The van der Waals surface area contributed by atoms with Crippen LogP contribution in [0.3, 0.4) is 0 Å². The van der Waals surface area contributed by atoms with E-state index in [2.05, 4.69) is 22.1 Å². The number of nitrogens with zero attached hydrogens (tertiary/aromatic N) is 3. The maximum atomic E-state index is 12.3. The van der Waals surface area contributed by atoms with Gasteiger partial charge in [0.05, 0.1) is 16.8 Å². The van der Waals surface area contributed by atoms with Crippen molar-refractivity contribution in [2.75, 3.05) is 32.7 Å². The van der Waals surface area contributed by atoms with Crippen molar-refractivity contribution in [1.29, 1.82) is 0 Å². The highest BCUT2D eigenvalue weighted by molar-refractivity contribution is 7.07. The zero-order valence-electron chi connectivity index (χ0n) is 13.6. The molecule has 0 radical (unpaired) electrons. The Kier molecular flexibility index (Phi) is 5.77. The minimum atomic E-state index is -0.697. The average Bonchev–Trinajstić information content (AvgIpc) is 2.89. The Hall–Kier alpha value is -1.18. The van der Waals surface area contributed by atoms with Gasteiger partial charge in [-0.3, -0.25) is 4.90 Å². The molecule has 1 aromatic heterocycles. The molecule has 22 heavy (non-hydrogen) atoms. The number of nitrogens with one attached hydrogen (secondary N) is 1. The van der Waals surface area contributed by atoms with Crippen molar-refractivity contribution >= 4 is 17.4 Å². The molecule has 1 atom stereocenters. The fourth-order valence-corrected chi connectivity index (χ4v) is 3.38. The number of thiazole rings is 1. The number of carbonyl (C=O) groups is 1. The van der Waals surface area contributed by atoms with Crippen LogP contribution in [0.2, 0.25) is 0 Å². The van der Waals surface area contributed by atoms with Crippen LogP contribution in [0.4, 0.5) is 4.79 Å². The monoisotopic (exact) mass is 326 g/mol. The van der Waals surface area contributed by atoms with Crippen molar-refractivity contribution in [2.24, 2.45) is 0 Å². The number of rotatable bonds is 5. The predicted molar refractivity (Wildman–Crippen MR) is 88.1 cm³/mol. The van der Waals surface area contributed by atoms with Crippen molar-refractivity contribution in [1.82, 2.24) is 20.1 Å². The molecule has 1 unspecified atom stereocenters. The first-order chi connectivity index (χ1) is 10.3. The number of amides is 2. The minimum absolute atomic E-state index is 0.00867. The summed E-state index contributed by atoms with van der Waals surface area (Å²) in [6, 6.07) is 0.140. The molecular formula is C15H26N4O2S.